The predicted molar refractivity (Wildman–Crippen MR) is 66.8 cm³/mol. The van der Waals surface area contributed by atoms with Crippen LogP contribution in [0.3, 0.4) is 0 Å². The molecule has 0 bridgehead atoms. The van der Waals surface area contributed by atoms with Gasteiger partial charge in [0.15, 0.2) is 11.5 Å². The second-order valence-corrected chi connectivity index (χ2v) is 5.46. The van der Waals surface area contributed by atoms with Crippen LogP contribution >= 0.6 is 11.8 Å². The third kappa shape index (κ3) is 3.48. The SMILES string of the molecule is CC(N)C(Sc1ccc2c(c1)OCCO2)C(F)(F)F. The largest absolute Gasteiger partial charge is 0.486 e. The zero-order chi connectivity index (χ0) is 14.0. The molecule has 1 aromatic rings. The Morgan fingerprint density at radius 2 is 1.84 bits per heavy atom. The Kier molecular flexibility index (Phi) is 4.15. The summed E-state index contributed by atoms with van der Waals surface area (Å²) >= 11 is 0.691. The predicted octanol–water partition coefficient (Wildman–Crippen LogP) is 2.83. The average molecular weight is 293 g/mol. The van der Waals surface area contributed by atoms with Gasteiger partial charge in [-0.15, -0.1) is 11.8 Å². The molecule has 0 fully saturated rings. The monoisotopic (exact) mass is 293 g/mol. The fourth-order valence-corrected chi connectivity index (χ4v) is 2.68. The maximum absolute atomic E-state index is 12.8. The van der Waals surface area contributed by atoms with Gasteiger partial charge < -0.3 is 15.2 Å². The third-order valence-corrected chi connectivity index (χ3v) is 4.05. The van der Waals surface area contributed by atoms with Gasteiger partial charge in [-0.05, 0) is 25.1 Å². The highest BCUT2D eigenvalue weighted by Gasteiger charge is 2.42. The summed E-state index contributed by atoms with van der Waals surface area (Å²) in [5.41, 5.74) is 5.41. The molecule has 0 aromatic heterocycles. The Bertz CT molecular complexity index is 451. The van der Waals surface area contributed by atoms with Crippen LogP contribution in [0.5, 0.6) is 11.5 Å². The quantitative estimate of drug-likeness (QED) is 0.870. The highest BCUT2D eigenvalue weighted by atomic mass is 32.2. The van der Waals surface area contributed by atoms with Gasteiger partial charge in [0.2, 0.25) is 0 Å². The average Bonchev–Trinajstić information content (AvgIpc) is 2.34. The Morgan fingerprint density at radius 3 is 2.42 bits per heavy atom. The Balaban J connectivity index is 2.18. The number of ether oxygens (including phenoxy) is 2. The normalized spacial score (nSPS) is 17.9. The van der Waals surface area contributed by atoms with Crippen LogP contribution in [-0.2, 0) is 0 Å². The number of hydrogen-bond donors (Lipinski definition) is 1. The number of thioether (sulfide) groups is 1. The molecule has 2 unspecified atom stereocenters. The van der Waals surface area contributed by atoms with Crippen LogP contribution < -0.4 is 15.2 Å². The van der Waals surface area contributed by atoms with Gasteiger partial charge in [0.1, 0.15) is 18.5 Å². The number of benzene rings is 1. The second kappa shape index (κ2) is 5.50. The van der Waals surface area contributed by atoms with Crippen LogP contribution in [0.1, 0.15) is 6.92 Å². The topological polar surface area (TPSA) is 44.5 Å². The lowest BCUT2D eigenvalue weighted by Crippen LogP contribution is -2.40. The minimum atomic E-state index is -4.34. The third-order valence-electron chi connectivity index (χ3n) is 2.58. The van der Waals surface area contributed by atoms with Crippen molar-refractivity contribution in [2.45, 2.75) is 29.3 Å². The highest BCUT2D eigenvalue weighted by Crippen LogP contribution is 2.40. The summed E-state index contributed by atoms with van der Waals surface area (Å²) in [6.07, 6.45) is -4.34. The maximum Gasteiger partial charge on any atom is 0.402 e. The number of rotatable bonds is 3. The summed E-state index contributed by atoms with van der Waals surface area (Å²) in [7, 11) is 0. The van der Waals surface area contributed by atoms with Crippen molar-refractivity contribution < 1.29 is 22.6 Å². The lowest BCUT2D eigenvalue weighted by atomic mass is 10.2. The molecule has 3 nitrogen and oxygen atoms in total. The van der Waals surface area contributed by atoms with E-state index in [4.69, 9.17) is 15.2 Å². The fourth-order valence-electron chi connectivity index (χ4n) is 1.72. The van der Waals surface area contributed by atoms with E-state index < -0.39 is 17.5 Å². The summed E-state index contributed by atoms with van der Waals surface area (Å²) in [6.45, 7) is 2.20. The van der Waals surface area contributed by atoms with Crippen molar-refractivity contribution in [2.75, 3.05) is 13.2 Å². The van der Waals surface area contributed by atoms with Gasteiger partial charge in [-0.3, -0.25) is 0 Å². The zero-order valence-corrected chi connectivity index (χ0v) is 11.1. The van der Waals surface area contributed by atoms with Gasteiger partial charge >= 0.3 is 6.18 Å². The van der Waals surface area contributed by atoms with Crippen molar-refractivity contribution in [1.82, 2.24) is 0 Å². The molecule has 0 saturated heterocycles. The van der Waals surface area contributed by atoms with Gasteiger partial charge in [-0.1, -0.05) is 0 Å². The Labute approximate surface area is 113 Å². The smallest absolute Gasteiger partial charge is 0.402 e. The molecule has 2 rings (SSSR count). The molecule has 106 valence electrons. The number of halogens is 3. The first kappa shape index (κ1) is 14.3. The number of nitrogens with two attached hydrogens (primary N) is 1. The molecule has 7 heteroatoms. The molecule has 1 heterocycles. The molecule has 2 N–H and O–H groups in total. The van der Waals surface area contributed by atoms with Gasteiger partial charge in [-0.25, -0.2) is 0 Å². The minimum absolute atomic E-state index is 0.400. The van der Waals surface area contributed by atoms with E-state index in [2.05, 4.69) is 0 Å². The molecular weight excluding hydrogens is 279 g/mol. The van der Waals surface area contributed by atoms with E-state index in [0.717, 1.165) is 0 Å². The van der Waals surface area contributed by atoms with Gasteiger partial charge in [0, 0.05) is 10.9 Å². The molecule has 0 radical (unpaired) electrons. The second-order valence-electron chi connectivity index (χ2n) is 4.24. The molecule has 1 aliphatic heterocycles. The van der Waals surface area contributed by atoms with Crippen LogP contribution in [0, 0.1) is 0 Å². The lowest BCUT2D eigenvalue weighted by molar-refractivity contribution is -0.131. The first-order valence-electron chi connectivity index (χ1n) is 5.76. The molecule has 1 aromatic carbocycles. The Hall–Kier alpha value is -1.08. The lowest BCUT2D eigenvalue weighted by Gasteiger charge is -2.24. The molecule has 0 saturated carbocycles. The van der Waals surface area contributed by atoms with Crippen LogP contribution in [0.2, 0.25) is 0 Å². The van der Waals surface area contributed by atoms with Gasteiger partial charge in [-0.2, -0.15) is 13.2 Å². The van der Waals surface area contributed by atoms with Crippen molar-refractivity contribution >= 4 is 11.8 Å². The van der Waals surface area contributed by atoms with Crippen molar-refractivity contribution in [2.24, 2.45) is 5.73 Å². The molecule has 1 aliphatic rings. The fraction of sp³-hybridized carbons (Fsp3) is 0.500. The zero-order valence-electron chi connectivity index (χ0n) is 10.2. The first-order valence-corrected chi connectivity index (χ1v) is 6.64. The van der Waals surface area contributed by atoms with E-state index in [1.54, 1.807) is 18.2 Å². The van der Waals surface area contributed by atoms with Gasteiger partial charge in [0.25, 0.3) is 0 Å². The van der Waals surface area contributed by atoms with E-state index in [9.17, 15) is 13.2 Å². The van der Waals surface area contributed by atoms with E-state index >= 15 is 0 Å². The minimum Gasteiger partial charge on any atom is -0.486 e. The molecule has 19 heavy (non-hydrogen) atoms. The van der Waals surface area contributed by atoms with Crippen LogP contribution in [0.15, 0.2) is 23.1 Å². The molecule has 0 amide bonds. The van der Waals surface area contributed by atoms with E-state index in [0.29, 0.717) is 41.4 Å². The van der Waals surface area contributed by atoms with Crippen molar-refractivity contribution in [3.05, 3.63) is 18.2 Å². The summed E-state index contributed by atoms with van der Waals surface area (Å²) in [5.74, 6) is 1.03. The summed E-state index contributed by atoms with van der Waals surface area (Å²) < 4.78 is 49.2. The van der Waals surface area contributed by atoms with Crippen LogP contribution in [0.4, 0.5) is 13.2 Å². The number of alkyl halides is 3. The molecule has 2 atom stereocenters. The molecule has 0 spiro atoms. The van der Waals surface area contributed by atoms with Crippen molar-refractivity contribution in [3.63, 3.8) is 0 Å². The standard InChI is InChI=1S/C12H14F3NO2S/c1-7(16)11(12(13,14)15)19-8-2-3-9-10(6-8)18-5-4-17-9/h2-3,6-7,11H,4-5,16H2,1H3. The van der Waals surface area contributed by atoms with E-state index in [1.165, 1.54) is 6.92 Å². The molecule has 0 aliphatic carbocycles. The number of fused-ring (bicyclic) bond motifs is 1. The van der Waals surface area contributed by atoms with Gasteiger partial charge in [0.05, 0.1) is 0 Å². The van der Waals surface area contributed by atoms with E-state index in [-0.39, 0.29) is 0 Å². The summed E-state index contributed by atoms with van der Waals surface area (Å²) in [5, 5.41) is -1.64. The summed E-state index contributed by atoms with van der Waals surface area (Å²) in [4.78, 5) is 0.462. The summed E-state index contributed by atoms with van der Waals surface area (Å²) in [6, 6.07) is 3.77. The first-order chi connectivity index (χ1) is 8.88. The number of hydrogen-bond acceptors (Lipinski definition) is 4. The van der Waals surface area contributed by atoms with Crippen molar-refractivity contribution in [3.8, 4) is 11.5 Å². The molecular formula is C12H14F3NO2S. The van der Waals surface area contributed by atoms with Crippen LogP contribution in [-0.4, -0.2) is 30.7 Å². The van der Waals surface area contributed by atoms with E-state index in [1.807, 2.05) is 0 Å². The maximum atomic E-state index is 12.8. The highest BCUT2D eigenvalue weighted by molar-refractivity contribution is 8.00. The van der Waals surface area contributed by atoms with Crippen LogP contribution in [0.25, 0.3) is 0 Å². The van der Waals surface area contributed by atoms with Crippen molar-refractivity contribution in [1.29, 1.82) is 0 Å². The Morgan fingerprint density at radius 1 is 1.21 bits per heavy atom.